The molecule has 1 aliphatic rings. The standard InChI is InChI=1S/C14H31N3O/c1-5-8-15-10-14(12-18-4)17(3)11-13-7-6-9-16(13)2/h13-15H,5-12H2,1-4H3. The van der Waals surface area contributed by atoms with Crippen molar-refractivity contribution in [3.05, 3.63) is 0 Å². The fourth-order valence-corrected chi connectivity index (χ4v) is 2.67. The van der Waals surface area contributed by atoms with Gasteiger partial charge in [0.15, 0.2) is 0 Å². The predicted octanol–water partition coefficient (Wildman–Crippen LogP) is 1.03. The topological polar surface area (TPSA) is 27.7 Å². The normalized spacial score (nSPS) is 22.8. The van der Waals surface area contributed by atoms with Crippen LogP contribution in [0.2, 0.25) is 0 Å². The zero-order chi connectivity index (χ0) is 13.4. The third kappa shape index (κ3) is 5.22. The predicted molar refractivity (Wildman–Crippen MR) is 77.1 cm³/mol. The van der Waals surface area contributed by atoms with Gasteiger partial charge in [-0.25, -0.2) is 0 Å². The Hall–Kier alpha value is -0.160. The highest BCUT2D eigenvalue weighted by Gasteiger charge is 2.24. The molecule has 0 radical (unpaired) electrons. The van der Waals surface area contributed by atoms with Crippen molar-refractivity contribution in [2.75, 3.05) is 54.0 Å². The molecular weight excluding hydrogens is 226 g/mol. The summed E-state index contributed by atoms with van der Waals surface area (Å²) < 4.78 is 5.35. The molecule has 0 spiro atoms. The summed E-state index contributed by atoms with van der Waals surface area (Å²) in [5.74, 6) is 0. The van der Waals surface area contributed by atoms with Crippen LogP contribution in [-0.2, 0) is 4.74 Å². The molecule has 1 fully saturated rings. The van der Waals surface area contributed by atoms with E-state index in [-0.39, 0.29) is 0 Å². The fraction of sp³-hybridized carbons (Fsp3) is 1.00. The Balaban J connectivity index is 2.35. The molecule has 2 atom stereocenters. The zero-order valence-corrected chi connectivity index (χ0v) is 12.6. The number of hydrogen-bond donors (Lipinski definition) is 1. The lowest BCUT2D eigenvalue weighted by Gasteiger charge is -2.32. The van der Waals surface area contributed by atoms with Crippen LogP contribution >= 0.6 is 0 Å². The van der Waals surface area contributed by atoms with Crippen molar-refractivity contribution >= 4 is 0 Å². The van der Waals surface area contributed by atoms with Gasteiger partial charge in [0.2, 0.25) is 0 Å². The van der Waals surface area contributed by atoms with Gasteiger partial charge in [-0.3, -0.25) is 4.90 Å². The third-order valence-corrected chi connectivity index (χ3v) is 3.96. The van der Waals surface area contributed by atoms with Crippen LogP contribution in [0.1, 0.15) is 26.2 Å². The van der Waals surface area contributed by atoms with Crippen molar-refractivity contribution in [2.24, 2.45) is 0 Å². The Morgan fingerprint density at radius 1 is 1.50 bits per heavy atom. The first-order valence-electron chi connectivity index (χ1n) is 7.29. The number of nitrogens with one attached hydrogen (secondary N) is 1. The molecule has 0 aromatic heterocycles. The second-order valence-corrected chi connectivity index (χ2v) is 5.53. The van der Waals surface area contributed by atoms with Gasteiger partial charge in [0.05, 0.1) is 6.61 Å². The average Bonchev–Trinajstić information content (AvgIpc) is 2.74. The minimum Gasteiger partial charge on any atom is -0.383 e. The van der Waals surface area contributed by atoms with Gasteiger partial charge < -0.3 is 15.0 Å². The Kier molecular flexibility index (Phi) is 7.82. The molecule has 18 heavy (non-hydrogen) atoms. The first-order valence-corrected chi connectivity index (χ1v) is 7.29. The molecule has 0 amide bonds. The van der Waals surface area contributed by atoms with Gasteiger partial charge in [-0.05, 0) is 46.4 Å². The molecule has 4 nitrogen and oxygen atoms in total. The first kappa shape index (κ1) is 15.9. The van der Waals surface area contributed by atoms with Gasteiger partial charge in [-0.1, -0.05) is 6.92 Å². The van der Waals surface area contributed by atoms with E-state index < -0.39 is 0 Å². The summed E-state index contributed by atoms with van der Waals surface area (Å²) in [5, 5.41) is 3.50. The summed E-state index contributed by atoms with van der Waals surface area (Å²) in [7, 11) is 6.26. The molecule has 1 N–H and O–H groups in total. The van der Waals surface area contributed by atoms with E-state index in [1.165, 1.54) is 25.8 Å². The first-order chi connectivity index (χ1) is 8.69. The number of ether oxygens (including phenoxy) is 1. The van der Waals surface area contributed by atoms with Crippen LogP contribution < -0.4 is 5.32 Å². The van der Waals surface area contributed by atoms with Crippen LogP contribution in [0.4, 0.5) is 0 Å². The Labute approximate surface area is 113 Å². The van der Waals surface area contributed by atoms with Gasteiger partial charge in [0, 0.05) is 32.3 Å². The molecule has 0 aliphatic carbocycles. The number of nitrogens with zero attached hydrogens (tertiary/aromatic N) is 2. The molecule has 1 saturated heterocycles. The maximum atomic E-state index is 5.35. The maximum Gasteiger partial charge on any atom is 0.0630 e. The number of methoxy groups -OCH3 is 1. The minimum absolute atomic E-state index is 0.482. The lowest BCUT2D eigenvalue weighted by molar-refractivity contribution is 0.0905. The molecule has 4 heteroatoms. The van der Waals surface area contributed by atoms with E-state index in [0.717, 1.165) is 32.3 Å². The van der Waals surface area contributed by atoms with E-state index in [9.17, 15) is 0 Å². The molecule has 0 aromatic rings. The van der Waals surface area contributed by atoms with Crippen molar-refractivity contribution in [3.8, 4) is 0 Å². The monoisotopic (exact) mass is 257 g/mol. The van der Waals surface area contributed by atoms with Gasteiger partial charge in [-0.15, -0.1) is 0 Å². The molecular formula is C14H31N3O. The van der Waals surface area contributed by atoms with Gasteiger partial charge >= 0.3 is 0 Å². The van der Waals surface area contributed by atoms with Crippen molar-refractivity contribution in [1.29, 1.82) is 0 Å². The fourth-order valence-electron chi connectivity index (χ4n) is 2.67. The molecule has 108 valence electrons. The lowest BCUT2D eigenvalue weighted by atomic mass is 10.2. The molecule has 1 heterocycles. The van der Waals surface area contributed by atoms with E-state index in [1.807, 2.05) is 0 Å². The van der Waals surface area contributed by atoms with Crippen LogP contribution in [0.15, 0.2) is 0 Å². The van der Waals surface area contributed by atoms with Crippen molar-refractivity contribution in [2.45, 2.75) is 38.3 Å². The second kappa shape index (κ2) is 8.86. The SMILES string of the molecule is CCCNCC(COC)N(C)CC1CCCN1C. The van der Waals surface area contributed by atoms with Crippen LogP contribution in [-0.4, -0.2) is 75.9 Å². The smallest absolute Gasteiger partial charge is 0.0630 e. The van der Waals surface area contributed by atoms with E-state index in [0.29, 0.717) is 6.04 Å². The third-order valence-electron chi connectivity index (χ3n) is 3.96. The van der Waals surface area contributed by atoms with Gasteiger partial charge in [0.1, 0.15) is 0 Å². The summed E-state index contributed by atoms with van der Waals surface area (Å²) in [5.41, 5.74) is 0. The number of rotatable bonds is 9. The zero-order valence-electron chi connectivity index (χ0n) is 12.6. The second-order valence-electron chi connectivity index (χ2n) is 5.53. The van der Waals surface area contributed by atoms with Gasteiger partial charge in [0.25, 0.3) is 0 Å². The molecule has 0 bridgehead atoms. The molecule has 2 unspecified atom stereocenters. The van der Waals surface area contributed by atoms with Crippen LogP contribution in [0.3, 0.4) is 0 Å². The highest BCUT2D eigenvalue weighted by atomic mass is 16.5. The largest absolute Gasteiger partial charge is 0.383 e. The average molecular weight is 257 g/mol. The number of likely N-dealkylation sites (N-methyl/N-ethyl adjacent to an activating group) is 2. The van der Waals surface area contributed by atoms with Crippen molar-refractivity contribution in [1.82, 2.24) is 15.1 Å². The summed E-state index contributed by atoms with van der Waals surface area (Å²) in [6.45, 7) is 7.53. The van der Waals surface area contributed by atoms with E-state index in [2.05, 4.69) is 36.1 Å². The summed E-state index contributed by atoms with van der Waals surface area (Å²) in [6, 6.07) is 1.20. The van der Waals surface area contributed by atoms with E-state index >= 15 is 0 Å². The van der Waals surface area contributed by atoms with Crippen LogP contribution in [0.5, 0.6) is 0 Å². The highest BCUT2D eigenvalue weighted by molar-refractivity contribution is 4.82. The van der Waals surface area contributed by atoms with Crippen LogP contribution in [0, 0.1) is 0 Å². The lowest BCUT2D eigenvalue weighted by Crippen LogP contribution is -2.47. The van der Waals surface area contributed by atoms with E-state index in [4.69, 9.17) is 4.74 Å². The van der Waals surface area contributed by atoms with E-state index in [1.54, 1.807) is 7.11 Å². The summed E-state index contributed by atoms with van der Waals surface area (Å²) in [6.07, 6.45) is 3.87. The number of hydrogen-bond acceptors (Lipinski definition) is 4. The summed E-state index contributed by atoms with van der Waals surface area (Å²) >= 11 is 0. The molecule has 0 saturated carbocycles. The van der Waals surface area contributed by atoms with Gasteiger partial charge in [-0.2, -0.15) is 0 Å². The maximum absolute atomic E-state index is 5.35. The van der Waals surface area contributed by atoms with Crippen molar-refractivity contribution < 1.29 is 4.74 Å². The number of likely N-dealkylation sites (tertiary alicyclic amines) is 1. The Bertz CT molecular complexity index is 213. The molecule has 0 aromatic carbocycles. The van der Waals surface area contributed by atoms with Crippen molar-refractivity contribution in [3.63, 3.8) is 0 Å². The quantitative estimate of drug-likeness (QED) is 0.624. The summed E-state index contributed by atoms with van der Waals surface area (Å²) in [4.78, 5) is 4.94. The minimum atomic E-state index is 0.482. The Morgan fingerprint density at radius 2 is 2.28 bits per heavy atom. The van der Waals surface area contributed by atoms with Crippen LogP contribution in [0.25, 0.3) is 0 Å². The molecule has 1 aliphatic heterocycles. The highest BCUT2D eigenvalue weighted by Crippen LogP contribution is 2.16. The Morgan fingerprint density at radius 3 is 2.83 bits per heavy atom. The molecule has 1 rings (SSSR count).